The van der Waals surface area contributed by atoms with Crippen LogP contribution in [0.15, 0.2) is 16.6 Å². The maximum atomic E-state index is 12.1. The van der Waals surface area contributed by atoms with Gasteiger partial charge in [0, 0.05) is 12.0 Å². The van der Waals surface area contributed by atoms with E-state index in [1.54, 1.807) is 12.1 Å². The molecule has 0 aromatic heterocycles. The van der Waals surface area contributed by atoms with E-state index in [-0.39, 0.29) is 24.4 Å². The third-order valence-electron chi connectivity index (χ3n) is 3.70. The number of hydrogen-bond acceptors (Lipinski definition) is 3. The van der Waals surface area contributed by atoms with Crippen molar-refractivity contribution in [1.82, 2.24) is 10.2 Å². The van der Waals surface area contributed by atoms with Crippen LogP contribution in [-0.2, 0) is 0 Å². The van der Waals surface area contributed by atoms with Crippen molar-refractivity contribution in [2.75, 3.05) is 6.54 Å². The number of carbonyl (C=O) groups excluding carboxylic acids is 1. The third-order valence-corrected chi connectivity index (χ3v) is 4.29. The summed E-state index contributed by atoms with van der Waals surface area (Å²) < 4.78 is 6.68. The van der Waals surface area contributed by atoms with E-state index in [1.807, 2.05) is 6.92 Å². The fourth-order valence-electron chi connectivity index (χ4n) is 2.78. The number of rotatable bonds is 1. The number of benzene rings is 1. The molecule has 5 nitrogen and oxygen atoms in total. The second-order valence-corrected chi connectivity index (χ2v) is 5.97. The fraction of sp³-hybridized carbons (Fsp3) is 0.357. The monoisotopic (exact) mass is 336 g/mol. The SMILES string of the molecule is C#CCN1C(=O)NC2CC1(C)Oc1c(Br)cc(O)cc12. The Labute approximate surface area is 125 Å². The molecule has 6 heteroatoms. The lowest BCUT2D eigenvalue weighted by atomic mass is 9.90. The molecule has 1 aromatic rings. The van der Waals surface area contributed by atoms with Crippen LogP contribution in [0.2, 0.25) is 0 Å². The summed E-state index contributed by atoms with van der Waals surface area (Å²) >= 11 is 3.38. The van der Waals surface area contributed by atoms with Gasteiger partial charge in [0.2, 0.25) is 0 Å². The van der Waals surface area contributed by atoms with Crippen molar-refractivity contribution in [2.45, 2.75) is 25.1 Å². The summed E-state index contributed by atoms with van der Waals surface area (Å²) in [6.45, 7) is 2.03. The van der Waals surface area contributed by atoms with E-state index < -0.39 is 5.72 Å². The summed E-state index contributed by atoms with van der Waals surface area (Å²) in [5.74, 6) is 3.23. The Hall–Kier alpha value is -1.87. The number of fused-ring (bicyclic) bond motifs is 4. The molecule has 104 valence electrons. The summed E-state index contributed by atoms with van der Waals surface area (Å²) in [5.41, 5.74) is -0.0191. The summed E-state index contributed by atoms with van der Waals surface area (Å²) in [6.07, 6.45) is 5.90. The van der Waals surface area contributed by atoms with Gasteiger partial charge in [-0.25, -0.2) is 4.79 Å². The second-order valence-electron chi connectivity index (χ2n) is 5.12. The Bertz CT molecular complexity index is 640. The summed E-state index contributed by atoms with van der Waals surface area (Å²) in [7, 11) is 0. The molecule has 2 unspecified atom stereocenters. The second kappa shape index (κ2) is 4.32. The molecule has 2 atom stereocenters. The predicted molar refractivity (Wildman–Crippen MR) is 76.3 cm³/mol. The number of hydrogen-bond donors (Lipinski definition) is 2. The number of halogens is 1. The van der Waals surface area contributed by atoms with Gasteiger partial charge in [-0.15, -0.1) is 6.42 Å². The number of amides is 2. The third kappa shape index (κ3) is 1.81. The van der Waals surface area contributed by atoms with Crippen LogP contribution in [0.25, 0.3) is 0 Å². The molecule has 2 bridgehead atoms. The van der Waals surface area contributed by atoms with Gasteiger partial charge in [-0.3, -0.25) is 4.90 Å². The molecule has 0 saturated carbocycles. The lowest BCUT2D eigenvalue weighted by Crippen LogP contribution is -2.64. The van der Waals surface area contributed by atoms with E-state index in [4.69, 9.17) is 11.2 Å². The first-order chi connectivity index (χ1) is 9.44. The Morgan fingerprint density at radius 1 is 1.70 bits per heavy atom. The molecular formula is C14H13BrN2O3. The summed E-state index contributed by atoms with van der Waals surface area (Å²) in [5, 5.41) is 12.6. The predicted octanol–water partition coefficient (Wildman–Crippen LogP) is 2.35. The van der Waals surface area contributed by atoms with Gasteiger partial charge in [-0.1, -0.05) is 5.92 Å². The van der Waals surface area contributed by atoms with Gasteiger partial charge in [0.15, 0.2) is 5.72 Å². The van der Waals surface area contributed by atoms with Crippen molar-refractivity contribution in [3.05, 3.63) is 22.2 Å². The van der Waals surface area contributed by atoms with Crippen molar-refractivity contribution in [3.63, 3.8) is 0 Å². The highest BCUT2D eigenvalue weighted by atomic mass is 79.9. The Morgan fingerprint density at radius 3 is 3.15 bits per heavy atom. The lowest BCUT2D eigenvalue weighted by molar-refractivity contribution is -0.0785. The highest BCUT2D eigenvalue weighted by Crippen LogP contribution is 2.48. The molecule has 20 heavy (non-hydrogen) atoms. The number of phenols is 1. The molecule has 1 saturated heterocycles. The first-order valence-corrected chi connectivity index (χ1v) is 6.97. The van der Waals surface area contributed by atoms with Crippen LogP contribution in [0.5, 0.6) is 11.5 Å². The molecule has 1 aromatic carbocycles. The molecule has 0 spiro atoms. The molecule has 0 aliphatic carbocycles. The molecule has 3 rings (SSSR count). The number of carbonyl (C=O) groups is 1. The van der Waals surface area contributed by atoms with Crippen molar-refractivity contribution < 1.29 is 14.6 Å². The molecule has 1 fully saturated rings. The van der Waals surface area contributed by atoms with E-state index in [1.165, 1.54) is 4.90 Å². The number of phenolic OH excluding ortho intramolecular Hbond substituents is 1. The minimum absolute atomic E-state index is 0.128. The topological polar surface area (TPSA) is 61.8 Å². The van der Waals surface area contributed by atoms with Crippen LogP contribution in [0.1, 0.15) is 24.9 Å². The van der Waals surface area contributed by atoms with Gasteiger partial charge in [0.25, 0.3) is 0 Å². The van der Waals surface area contributed by atoms with E-state index >= 15 is 0 Å². The minimum atomic E-state index is -0.786. The normalized spacial score (nSPS) is 27.1. The lowest BCUT2D eigenvalue weighted by Gasteiger charge is -2.50. The van der Waals surface area contributed by atoms with Crippen LogP contribution in [0, 0.1) is 12.3 Å². The first-order valence-electron chi connectivity index (χ1n) is 6.17. The summed E-state index contributed by atoms with van der Waals surface area (Å²) in [6, 6.07) is 2.72. The van der Waals surface area contributed by atoms with Crippen LogP contribution < -0.4 is 10.1 Å². The number of nitrogens with one attached hydrogen (secondary N) is 1. The van der Waals surface area contributed by atoms with Gasteiger partial charge >= 0.3 is 6.03 Å². The van der Waals surface area contributed by atoms with E-state index in [0.29, 0.717) is 16.6 Å². The smallest absolute Gasteiger partial charge is 0.321 e. The minimum Gasteiger partial charge on any atom is -0.508 e. The maximum Gasteiger partial charge on any atom is 0.321 e. The zero-order chi connectivity index (χ0) is 14.5. The molecular weight excluding hydrogens is 324 g/mol. The highest BCUT2D eigenvalue weighted by molar-refractivity contribution is 9.10. The standard InChI is InChI=1S/C14H13BrN2O3/c1-3-4-17-13(19)16-11-7-14(17,2)20-12-9(11)5-8(18)6-10(12)15/h1,5-6,11,18H,4,7H2,2H3,(H,16,19). The molecule has 2 heterocycles. The van der Waals surface area contributed by atoms with Crippen LogP contribution in [0.3, 0.4) is 0 Å². The first kappa shape index (κ1) is 13.1. The molecule has 2 aliphatic heterocycles. The highest BCUT2D eigenvalue weighted by Gasteiger charge is 2.49. The van der Waals surface area contributed by atoms with Gasteiger partial charge in [0.05, 0.1) is 17.1 Å². The van der Waals surface area contributed by atoms with Crippen molar-refractivity contribution in [3.8, 4) is 23.8 Å². The number of aromatic hydroxyl groups is 1. The summed E-state index contributed by atoms with van der Waals surface area (Å²) in [4.78, 5) is 13.7. The van der Waals surface area contributed by atoms with Crippen LogP contribution in [0.4, 0.5) is 4.79 Å². The largest absolute Gasteiger partial charge is 0.508 e. The molecule has 0 radical (unpaired) electrons. The average molecular weight is 337 g/mol. The number of urea groups is 1. The number of nitrogens with zero attached hydrogens (tertiary/aromatic N) is 1. The number of ether oxygens (including phenoxy) is 1. The Kier molecular flexibility index (Phi) is 2.83. The van der Waals surface area contributed by atoms with Gasteiger partial charge < -0.3 is 15.2 Å². The van der Waals surface area contributed by atoms with Crippen molar-refractivity contribution in [2.24, 2.45) is 0 Å². The zero-order valence-corrected chi connectivity index (χ0v) is 12.4. The zero-order valence-electron chi connectivity index (χ0n) is 10.8. The van der Waals surface area contributed by atoms with E-state index in [9.17, 15) is 9.90 Å². The van der Waals surface area contributed by atoms with Gasteiger partial charge in [0.1, 0.15) is 11.5 Å². The van der Waals surface area contributed by atoms with Crippen molar-refractivity contribution in [1.29, 1.82) is 0 Å². The van der Waals surface area contributed by atoms with Gasteiger partial charge in [-0.05, 0) is 35.0 Å². The van der Waals surface area contributed by atoms with E-state index in [0.717, 1.165) is 5.56 Å². The molecule has 2 aliphatic rings. The van der Waals surface area contributed by atoms with E-state index in [2.05, 4.69) is 27.2 Å². The maximum absolute atomic E-state index is 12.1. The van der Waals surface area contributed by atoms with Crippen LogP contribution in [-0.4, -0.2) is 28.3 Å². The fourth-order valence-corrected chi connectivity index (χ4v) is 3.33. The molecule has 2 amide bonds. The van der Waals surface area contributed by atoms with Crippen molar-refractivity contribution >= 4 is 22.0 Å². The Morgan fingerprint density at radius 2 is 2.45 bits per heavy atom. The average Bonchev–Trinajstić information content (AvgIpc) is 2.36. The van der Waals surface area contributed by atoms with Gasteiger partial charge in [-0.2, -0.15) is 0 Å². The number of terminal acetylenes is 1. The quantitative estimate of drug-likeness (QED) is 0.774. The van der Waals surface area contributed by atoms with Crippen LogP contribution >= 0.6 is 15.9 Å². The molecule has 2 N–H and O–H groups in total. The Balaban J connectivity index is 2.11.